The number of aryl methyl sites for hydroxylation is 1. The number of benzene rings is 1. The fraction of sp³-hybridized carbons (Fsp3) is 0.200. The van der Waals surface area contributed by atoms with Gasteiger partial charge in [0.15, 0.2) is 0 Å². The Kier molecular flexibility index (Phi) is 3.35. The van der Waals surface area contributed by atoms with Crippen LogP contribution in [0.25, 0.3) is 5.69 Å². The lowest BCUT2D eigenvalue weighted by atomic mass is 10.1. The van der Waals surface area contributed by atoms with Gasteiger partial charge in [0.25, 0.3) is 0 Å². The van der Waals surface area contributed by atoms with Crippen LogP contribution in [0.3, 0.4) is 0 Å². The third-order valence-electron chi connectivity index (χ3n) is 3.25. The van der Waals surface area contributed by atoms with Gasteiger partial charge in [0.2, 0.25) is 0 Å². The number of rotatable bonds is 4. The molecule has 1 unspecified atom stereocenters. The van der Waals surface area contributed by atoms with Gasteiger partial charge in [0, 0.05) is 5.56 Å². The Labute approximate surface area is 117 Å². The van der Waals surface area contributed by atoms with E-state index in [0.717, 1.165) is 22.7 Å². The molecule has 0 aliphatic rings. The van der Waals surface area contributed by atoms with E-state index in [1.165, 1.54) is 0 Å². The standard InChI is InChI=1S/C15H16N4O/c1-11-8-12(10-20-11)15(16-2)14-9-17-18-19(14)13-6-4-3-5-7-13/h3-10,15-16H,1-2H3. The fourth-order valence-corrected chi connectivity index (χ4v) is 2.31. The Balaban J connectivity index is 2.04. The van der Waals surface area contributed by atoms with E-state index in [0.29, 0.717) is 0 Å². The van der Waals surface area contributed by atoms with Crippen LogP contribution in [-0.2, 0) is 0 Å². The van der Waals surface area contributed by atoms with Crippen LogP contribution in [-0.4, -0.2) is 22.0 Å². The van der Waals surface area contributed by atoms with Crippen LogP contribution in [0.5, 0.6) is 0 Å². The van der Waals surface area contributed by atoms with Crippen LogP contribution in [0.15, 0.2) is 53.3 Å². The SMILES string of the molecule is CNC(c1coc(C)c1)c1cnnn1-c1ccccc1. The molecule has 0 amide bonds. The lowest BCUT2D eigenvalue weighted by molar-refractivity contribution is 0.526. The third-order valence-corrected chi connectivity index (χ3v) is 3.25. The minimum Gasteiger partial charge on any atom is -0.469 e. The first-order valence-electron chi connectivity index (χ1n) is 6.48. The maximum atomic E-state index is 5.40. The molecule has 3 rings (SSSR count). The molecule has 0 spiro atoms. The second-order valence-corrected chi connectivity index (χ2v) is 4.62. The highest BCUT2D eigenvalue weighted by atomic mass is 16.3. The van der Waals surface area contributed by atoms with Crippen LogP contribution >= 0.6 is 0 Å². The summed E-state index contributed by atoms with van der Waals surface area (Å²) in [6.45, 7) is 1.93. The van der Waals surface area contributed by atoms with Crippen LogP contribution in [0.1, 0.15) is 23.1 Å². The van der Waals surface area contributed by atoms with E-state index in [4.69, 9.17) is 4.42 Å². The van der Waals surface area contributed by atoms with Crippen LogP contribution in [0.4, 0.5) is 0 Å². The molecule has 3 aromatic rings. The number of para-hydroxylation sites is 1. The van der Waals surface area contributed by atoms with Crippen molar-refractivity contribution in [3.63, 3.8) is 0 Å². The average molecular weight is 268 g/mol. The monoisotopic (exact) mass is 268 g/mol. The molecule has 5 nitrogen and oxygen atoms in total. The van der Waals surface area contributed by atoms with Crippen molar-refractivity contribution < 1.29 is 4.42 Å². The predicted molar refractivity (Wildman–Crippen MR) is 75.7 cm³/mol. The van der Waals surface area contributed by atoms with E-state index in [9.17, 15) is 0 Å². The lowest BCUT2D eigenvalue weighted by Crippen LogP contribution is -2.20. The highest BCUT2D eigenvalue weighted by molar-refractivity contribution is 5.35. The fourth-order valence-electron chi connectivity index (χ4n) is 2.31. The molecular formula is C15H16N4O. The van der Waals surface area contributed by atoms with Crippen LogP contribution in [0, 0.1) is 6.92 Å². The molecule has 5 heteroatoms. The summed E-state index contributed by atoms with van der Waals surface area (Å²) in [5, 5.41) is 11.5. The molecule has 0 fully saturated rings. The normalized spacial score (nSPS) is 12.5. The maximum Gasteiger partial charge on any atom is 0.101 e. The number of nitrogens with zero attached hydrogens (tertiary/aromatic N) is 3. The van der Waals surface area contributed by atoms with Gasteiger partial charge in [-0.15, -0.1) is 5.10 Å². The minimum atomic E-state index is -0.0114. The Morgan fingerprint density at radius 1 is 1.25 bits per heavy atom. The van der Waals surface area contributed by atoms with Gasteiger partial charge in [-0.2, -0.15) is 0 Å². The Morgan fingerprint density at radius 3 is 2.70 bits per heavy atom. The molecule has 2 aromatic heterocycles. The highest BCUT2D eigenvalue weighted by Gasteiger charge is 2.19. The molecule has 1 N–H and O–H groups in total. The molecular weight excluding hydrogens is 252 g/mol. The Morgan fingerprint density at radius 2 is 2.05 bits per heavy atom. The molecule has 20 heavy (non-hydrogen) atoms. The zero-order chi connectivity index (χ0) is 13.9. The van der Waals surface area contributed by atoms with Gasteiger partial charge in [-0.1, -0.05) is 23.4 Å². The van der Waals surface area contributed by atoms with Crippen molar-refractivity contribution >= 4 is 0 Å². The van der Waals surface area contributed by atoms with E-state index >= 15 is 0 Å². The molecule has 0 saturated carbocycles. The van der Waals surface area contributed by atoms with Crippen molar-refractivity contribution in [1.29, 1.82) is 0 Å². The number of aromatic nitrogens is 3. The minimum absolute atomic E-state index is 0.0114. The van der Waals surface area contributed by atoms with Crippen molar-refractivity contribution in [2.24, 2.45) is 0 Å². The molecule has 2 heterocycles. The predicted octanol–water partition coefficient (Wildman–Crippen LogP) is 2.48. The van der Waals surface area contributed by atoms with Gasteiger partial charge in [-0.25, -0.2) is 4.68 Å². The maximum absolute atomic E-state index is 5.40. The summed E-state index contributed by atoms with van der Waals surface area (Å²) < 4.78 is 7.24. The topological polar surface area (TPSA) is 55.9 Å². The van der Waals surface area contributed by atoms with E-state index in [1.807, 2.05) is 55.1 Å². The van der Waals surface area contributed by atoms with Gasteiger partial charge >= 0.3 is 0 Å². The number of hydrogen-bond acceptors (Lipinski definition) is 4. The molecule has 1 atom stereocenters. The second kappa shape index (κ2) is 5.30. The van der Waals surface area contributed by atoms with Gasteiger partial charge in [0.1, 0.15) is 5.76 Å². The first kappa shape index (κ1) is 12.6. The summed E-state index contributed by atoms with van der Waals surface area (Å²) >= 11 is 0. The summed E-state index contributed by atoms with van der Waals surface area (Å²) in [5.74, 6) is 0.888. The van der Waals surface area contributed by atoms with Gasteiger partial charge in [0.05, 0.1) is 29.9 Å². The molecule has 0 radical (unpaired) electrons. The number of hydrogen-bond donors (Lipinski definition) is 1. The van der Waals surface area contributed by atoms with E-state index in [1.54, 1.807) is 12.5 Å². The molecule has 102 valence electrons. The average Bonchev–Trinajstić information content (AvgIpc) is 3.11. The quantitative estimate of drug-likeness (QED) is 0.789. The van der Waals surface area contributed by atoms with Crippen molar-refractivity contribution in [2.45, 2.75) is 13.0 Å². The number of nitrogens with one attached hydrogen (secondary N) is 1. The van der Waals surface area contributed by atoms with E-state index in [2.05, 4.69) is 15.6 Å². The van der Waals surface area contributed by atoms with E-state index < -0.39 is 0 Å². The van der Waals surface area contributed by atoms with E-state index in [-0.39, 0.29) is 6.04 Å². The molecule has 0 bridgehead atoms. The Bertz CT molecular complexity index is 687. The molecule has 0 saturated heterocycles. The van der Waals surface area contributed by atoms with Crippen molar-refractivity contribution in [3.05, 3.63) is 65.9 Å². The third kappa shape index (κ3) is 2.23. The van der Waals surface area contributed by atoms with Crippen molar-refractivity contribution in [3.8, 4) is 5.69 Å². The summed E-state index contributed by atoms with van der Waals surface area (Å²) in [6, 6.07) is 12.0. The second-order valence-electron chi connectivity index (χ2n) is 4.62. The summed E-state index contributed by atoms with van der Waals surface area (Å²) in [5.41, 5.74) is 3.02. The molecule has 0 aliphatic heterocycles. The molecule has 1 aromatic carbocycles. The van der Waals surface area contributed by atoms with Crippen molar-refractivity contribution in [2.75, 3.05) is 7.05 Å². The zero-order valence-corrected chi connectivity index (χ0v) is 11.4. The Hall–Kier alpha value is -2.40. The smallest absolute Gasteiger partial charge is 0.101 e. The zero-order valence-electron chi connectivity index (χ0n) is 11.4. The first-order chi connectivity index (χ1) is 9.79. The van der Waals surface area contributed by atoms with Crippen molar-refractivity contribution in [1.82, 2.24) is 20.3 Å². The van der Waals surface area contributed by atoms with Gasteiger partial charge < -0.3 is 9.73 Å². The van der Waals surface area contributed by atoms with Gasteiger partial charge in [-0.05, 0) is 32.2 Å². The van der Waals surface area contributed by atoms with Crippen LogP contribution < -0.4 is 5.32 Å². The number of furan rings is 1. The van der Waals surface area contributed by atoms with Gasteiger partial charge in [-0.3, -0.25) is 0 Å². The molecule has 0 aliphatic carbocycles. The lowest BCUT2D eigenvalue weighted by Gasteiger charge is -2.15. The first-order valence-corrected chi connectivity index (χ1v) is 6.48. The largest absolute Gasteiger partial charge is 0.469 e. The highest BCUT2D eigenvalue weighted by Crippen LogP contribution is 2.24. The summed E-state index contributed by atoms with van der Waals surface area (Å²) in [4.78, 5) is 0. The summed E-state index contributed by atoms with van der Waals surface area (Å²) in [6.07, 6.45) is 3.54. The summed E-state index contributed by atoms with van der Waals surface area (Å²) in [7, 11) is 1.91. The van der Waals surface area contributed by atoms with Crippen LogP contribution in [0.2, 0.25) is 0 Å².